The number of hydrogen-bond donors (Lipinski definition) is 0. The second kappa shape index (κ2) is 7.52. The Morgan fingerprint density at radius 3 is 1.42 bits per heavy atom. The number of hydrogen-bond acceptors (Lipinski definition) is 2. The van der Waals surface area contributed by atoms with Gasteiger partial charge in [0.2, 0.25) is 0 Å². The number of rotatable bonds is 3. The lowest BCUT2D eigenvalue weighted by atomic mass is 10.0. The van der Waals surface area contributed by atoms with Crippen LogP contribution in [0.25, 0.3) is 33.6 Å². The van der Waals surface area contributed by atoms with Crippen LogP contribution in [0, 0.1) is 0 Å². The molecule has 126 valence electrons. The van der Waals surface area contributed by atoms with E-state index in [9.17, 15) is 0 Å². The molecule has 0 atom stereocenters. The zero-order chi connectivity index (χ0) is 17.9. The van der Waals surface area contributed by atoms with Crippen LogP contribution in [0.5, 0.6) is 0 Å². The van der Waals surface area contributed by atoms with E-state index < -0.39 is 0 Å². The third-order valence-corrected chi connectivity index (χ3v) is 5.18. The number of nitrogens with zero attached hydrogens (tertiary/aromatic N) is 2. The summed E-state index contributed by atoms with van der Waals surface area (Å²) in [6.45, 7) is 0. The maximum atomic E-state index is 4.91. The van der Waals surface area contributed by atoms with Gasteiger partial charge >= 0.3 is 0 Å². The van der Waals surface area contributed by atoms with Crippen LogP contribution in [0.4, 0.5) is 0 Å². The summed E-state index contributed by atoms with van der Waals surface area (Å²) in [7, 11) is 0. The van der Waals surface area contributed by atoms with E-state index in [1.165, 1.54) is 0 Å². The molecule has 0 saturated carbocycles. The first-order valence-electron chi connectivity index (χ1n) is 8.13. The molecule has 0 saturated heterocycles. The quantitative estimate of drug-likeness (QED) is 0.325. The number of aromatic nitrogens is 2. The molecule has 0 amide bonds. The number of halogens is 2. The highest BCUT2D eigenvalue weighted by Crippen LogP contribution is 2.31. The Kier molecular flexibility index (Phi) is 4.96. The molecule has 4 heteroatoms. The van der Waals surface area contributed by atoms with Crippen molar-refractivity contribution in [2.75, 3.05) is 0 Å². The van der Waals surface area contributed by atoms with Crippen molar-refractivity contribution < 1.29 is 0 Å². The fourth-order valence-corrected chi connectivity index (χ4v) is 3.31. The van der Waals surface area contributed by atoms with E-state index in [0.29, 0.717) is 0 Å². The lowest BCUT2D eigenvalue weighted by Gasteiger charge is -2.10. The molecule has 0 aliphatic carbocycles. The van der Waals surface area contributed by atoms with E-state index in [1.54, 1.807) is 0 Å². The van der Waals surface area contributed by atoms with Crippen molar-refractivity contribution in [1.29, 1.82) is 0 Å². The van der Waals surface area contributed by atoms with Gasteiger partial charge in [0.1, 0.15) is 0 Å². The fourth-order valence-electron chi connectivity index (χ4n) is 2.78. The van der Waals surface area contributed by atoms with E-state index in [-0.39, 0.29) is 0 Å². The van der Waals surface area contributed by atoms with Gasteiger partial charge in [0, 0.05) is 32.5 Å². The summed E-state index contributed by atoms with van der Waals surface area (Å²) in [5, 5.41) is 0. The summed E-state index contributed by atoms with van der Waals surface area (Å²) in [4.78, 5) is 9.04. The van der Waals surface area contributed by atoms with Crippen LogP contribution >= 0.6 is 31.9 Å². The zero-order valence-corrected chi connectivity index (χ0v) is 16.9. The predicted octanol–water partition coefficient (Wildman–Crippen LogP) is 7.00. The monoisotopic (exact) mass is 464 g/mol. The fraction of sp³-hybridized carbons (Fsp3) is 0. The number of pyridine rings is 2. The summed E-state index contributed by atoms with van der Waals surface area (Å²) >= 11 is 6.99. The van der Waals surface area contributed by atoms with Crippen molar-refractivity contribution in [2.24, 2.45) is 0 Å². The van der Waals surface area contributed by atoms with Crippen molar-refractivity contribution >= 4 is 31.9 Å². The molecule has 4 rings (SSSR count). The van der Waals surface area contributed by atoms with E-state index >= 15 is 0 Å². The standard InChI is InChI=1S/C22H14Br2N2/c23-19-5-1-16(2-6-19)21-13-18(15-9-11-25-12-10-15)14-22(26-21)17-3-7-20(24)8-4-17/h1-14H. The molecule has 2 aromatic carbocycles. The first kappa shape index (κ1) is 17.1. The SMILES string of the molecule is Brc1ccc(-c2cc(-c3ccncc3)cc(-c3ccc(Br)cc3)n2)cc1. The Labute approximate surface area is 169 Å². The Bertz CT molecular complexity index is 964. The van der Waals surface area contributed by atoms with Gasteiger partial charge in [-0.25, -0.2) is 4.98 Å². The molecule has 0 spiro atoms. The summed E-state index contributed by atoms with van der Waals surface area (Å²) in [6, 6.07) is 24.8. The van der Waals surface area contributed by atoms with Gasteiger partial charge < -0.3 is 0 Å². The van der Waals surface area contributed by atoms with Crippen LogP contribution in [0.15, 0.2) is 94.1 Å². The number of benzene rings is 2. The minimum absolute atomic E-state index is 0.949. The Balaban J connectivity index is 1.89. The van der Waals surface area contributed by atoms with Crippen LogP contribution < -0.4 is 0 Å². The first-order chi connectivity index (χ1) is 12.7. The first-order valence-corrected chi connectivity index (χ1v) is 9.72. The van der Waals surface area contributed by atoms with Gasteiger partial charge in [0.15, 0.2) is 0 Å². The molecule has 0 radical (unpaired) electrons. The molecule has 0 bridgehead atoms. The molecule has 4 aromatic rings. The van der Waals surface area contributed by atoms with Gasteiger partial charge in [-0.05, 0) is 59.7 Å². The van der Waals surface area contributed by atoms with Crippen molar-refractivity contribution in [1.82, 2.24) is 9.97 Å². The largest absolute Gasteiger partial charge is 0.265 e. The average molecular weight is 466 g/mol. The van der Waals surface area contributed by atoms with Crippen LogP contribution in [-0.4, -0.2) is 9.97 Å². The Morgan fingerprint density at radius 2 is 0.962 bits per heavy atom. The highest BCUT2D eigenvalue weighted by atomic mass is 79.9. The predicted molar refractivity (Wildman–Crippen MR) is 114 cm³/mol. The average Bonchev–Trinajstić information content (AvgIpc) is 2.69. The molecule has 0 N–H and O–H groups in total. The lowest BCUT2D eigenvalue weighted by molar-refractivity contribution is 1.30. The summed E-state index contributed by atoms with van der Waals surface area (Å²) in [6.07, 6.45) is 3.63. The second-order valence-electron chi connectivity index (χ2n) is 5.88. The lowest BCUT2D eigenvalue weighted by Crippen LogP contribution is -1.91. The molecule has 2 heterocycles. The topological polar surface area (TPSA) is 25.8 Å². The van der Waals surface area contributed by atoms with E-state index in [2.05, 4.69) is 73.2 Å². The second-order valence-corrected chi connectivity index (χ2v) is 7.71. The van der Waals surface area contributed by atoms with Crippen LogP contribution in [0.1, 0.15) is 0 Å². The van der Waals surface area contributed by atoms with Gasteiger partial charge in [-0.1, -0.05) is 56.1 Å². The zero-order valence-electron chi connectivity index (χ0n) is 13.7. The van der Waals surface area contributed by atoms with Crippen molar-refractivity contribution in [2.45, 2.75) is 0 Å². The van der Waals surface area contributed by atoms with Crippen LogP contribution in [0.3, 0.4) is 0 Å². The normalized spacial score (nSPS) is 10.7. The van der Waals surface area contributed by atoms with Gasteiger partial charge in [0.25, 0.3) is 0 Å². The van der Waals surface area contributed by atoms with Crippen LogP contribution in [0.2, 0.25) is 0 Å². The molecule has 0 fully saturated rings. The minimum atomic E-state index is 0.949. The van der Waals surface area contributed by atoms with E-state index in [4.69, 9.17) is 4.98 Å². The summed E-state index contributed by atoms with van der Waals surface area (Å²) in [5.74, 6) is 0. The smallest absolute Gasteiger partial charge is 0.0715 e. The summed E-state index contributed by atoms with van der Waals surface area (Å²) in [5.41, 5.74) is 6.32. The maximum absolute atomic E-state index is 4.91. The van der Waals surface area contributed by atoms with Crippen molar-refractivity contribution in [3.05, 3.63) is 94.1 Å². The molecular weight excluding hydrogens is 452 g/mol. The molecule has 2 aromatic heterocycles. The molecule has 26 heavy (non-hydrogen) atoms. The molecule has 0 aliphatic heterocycles. The van der Waals surface area contributed by atoms with Crippen LogP contribution in [-0.2, 0) is 0 Å². The molecular formula is C22H14Br2N2. The summed E-state index contributed by atoms with van der Waals surface area (Å²) < 4.78 is 2.11. The molecule has 2 nitrogen and oxygen atoms in total. The van der Waals surface area contributed by atoms with Gasteiger partial charge in [0.05, 0.1) is 11.4 Å². The highest BCUT2D eigenvalue weighted by Gasteiger charge is 2.09. The van der Waals surface area contributed by atoms with Gasteiger partial charge in [-0.3, -0.25) is 4.98 Å². The third kappa shape index (κ3) is 3.76. The van der Waals surface area contributed by atoms with E-state index in [0.717, 1.165) is 42.6 Å². The van der Waals surface area contributed by atoms with Gasteiger partial charge in [-0.2, -0.15) is 0 Å². The highest BCUT2D eigenvalue weighted by molar-refractivity contribution is 9.10. The molecule has 0 unspecified atom stereocenters. The third-order valence-electron chi connectivity index (χ3n) is 4.12. The van der Waals surface area contributed by atoms with Gasteiger partial charge in [-0.15, -0.1) is 0 Å². The Morgan fingerprint density at radius 1 is 0.500 bits per heavy atom. The maximum Gasteiger partial charge on any atom is 0.0715 e. The molecule has 0 aliphatic rings. The van der Waals surface area contributed by atoms with Crippen molar-refractivity contribution in [3.63, 3.8) is 0 Å². The van der Waals surface area contributed by atoms with E-state index in [1.807, 2.05) is 48.8 Å². The minimum Gasteiger partial charge on any atom is -0.265 e. The van der Waals surface area contributed by atoms with Crippen molar-refractivity contribution in [3.8, 4) is 33.6 Å². The Hall–Kier alpha value is -2.30.